The van der Waals surface area contributed by atoms with Gasteiger partial charge < -0.3 is 28.7 Å². The average Bonchev–Trinajstić information content (AvgIpc) is 3.60. The van der Waals surface area contributed by atoms with Crippen molar-refractivity contribution in [3.63, 3.8) is 0 Å². The van der Waals surface area contributed by atoms with E-state index >= 15 is 0 Å². The van der Waals surface area contributed by atoms with Crippen LogP contribution in [0.25, 0.3) is 21.9 Å². The largest absolute Gasteiger partial charge is 0.493 e. The van der Waals surface area contributed by atoms with Gasteiger partial charge in [-0.3, -0.25) is 4.79 Å². The van der Waals surface area contributed by atoms with Gasteiger partial charge in [0.2, 0.25) is 17.5 Å². The molecule has 0 aliphatic carbocycles. The Morgan fingerprint density at radius 1 is 1.00 bits per heavy atom. The maximum atomic E-state index is 13.1. The number of rotatable bonds is 11. The number of nitrogens with zero attached hydrogens (tertiary/aromatic N) is 2. The summed E-state index contributed by atoms with van der Waals surface area (Å²) in [7, 11) is 4.54. The number of benzene rings is 2. The van der Waals surface area contributed by atoms with E-state index in [4.69, 9.17) is 23.4 Å². The van der Waals surface area contributed by atoms with E-state index in [-0.39, 0.29) is 23.6 Å². The monoisotopic (exact) mass is 569 g/mol. The Balaban J connectivity index is 1.51. The second-order valence-corrected chi connectivity index (χ2v) is 10.3. The van der Waals surface area contributed by atoms with Gasteiger partial charge in [0.25, 0.3) is 5.22 Å². The van der Waals surface area contributed by atoms with Gasteiger partial charge in [-0.15, -0.1) is 21.5 Å². The predicted octanol–water partition coefficient (Wildman–Crippen LogP) is 5.79. The molecule has 2 aromatic heterocycles. The van der Waals surface area contributed by atoms with Crippen molar-refractivity contribution in [2.45, 2.75) is 24.3 Å². The van der Waals surface area contributed by atoms with E-state index in [1.165, 1.54) is 32.7 Å². The number of thiophene rings is 1. The van der Waals surface area contributed by atoms with Gasteiger partial charge in [-0.25, -0.2) is 4.79 Å². The molecular formula is C27H27N3O7S2. The lowest BCUT2D eigenvalue weighted by Gasteiger charge is -2.12. The van der Waals surface area contributed by atoms with E-state index in [2.05, 4.69) is 15.5 Å². The van der Waals surface area contributed by atoms with E-state index in [1.54, 1.807) is 32.0 Å². The van der Waals surface area contributed by atoms with Crippen LogP contribution < -0.4 is 19.5 Å². The number of amides is 1. The Bertz CT molecular complexity index is 1430. The van der Waals surface area contributed by atoms with Crippen LogP contribution in [0.15, 0.2) is 58.2 Å². The van der Waals surface area contributed by atoms with Gasteiger partial charge in [0.05, 0.1) is 38.7 Å². The summed E-state index contributed by atoms with van der Waals surface area (Å²) in [6, 6.07) is 14.7. The minimum atomic E-state index is -0.615. The van der Waals surface area contributed by atoms with E-state index < -0.39 is 11.2 Å². The third-order valence-corrected chi connectivity index (χ3v) is 7.52. The minimum absolute atomic E-state index is 0.197. The molecule has 1 N–H and O–H groups in total. The van der Waals surface area contributed by atoms with Crippen LogP contribution >= 0.6 is 23.1 Å². The molecule has 204 valence electrons. The van der Waals surface area contributed by atoms with Crippen LogP contribution in [-0.4, -0.2) is 55.3 Å². The van der Waals surface area contributed by atoms with Gasteiger partial charge in [0.1, 0.15) is 5.00 Å². The van der Waals surface area contributed by atoms with Gasteiger partial charge in [0, 0.05) is 10.4 Å². The number of methoxy groups -OCH3 is 3. The van der Waals surface area contributed by atoms with E-state index in [0.717, 1.165) is 22.2 Å². The number of carbonyl (C=O) groups is 2. The highest BCUT2D eigenvalue weighted by Gasteiger charge is 2.24. The minimum Gasteiger partial charge on any atom is -0.493 e. The first-order valence-corrected chi connectivity index (χ1v) is 13.6. The highest BCUT2D eigenvalue weighted by molar-refractivity contribution is 8.00. The van der Waals surface area contributed by atoms with E-state index in [0.29, 0.717) is 33.4 Å². The van der Waals surface area contributed by atoms with Crippen molar-refractivity contribution < 1.29 is 33.0 Å². The molecule has 2 heterocycles. The molecule has 0 unspecified atom stereocenters. The third kappa shape index (κ3) is 6.35. The second-order valence-electron chi connectivity index (χ2n) is 7.98. The molecule has 1 amide bonds. The topological polar surface area (TPSA) is 122 Å². The number of thioether (sulfide) groups is 1. The van der Waals surface area contributed by atoms with Gasteiger partial charge >= 0.3 is 5.97 Å². The summed E-state index contributed by atoms with van der Waals surface area (Å²) in [6.07, 6.45) is 0. The molecule has 0 aliphatic heterocycles. The molecular weight excluding hydrogens is 542 g/mol. The molecule has 0 radical (unpaired) electrons. The zero-order chi connectivity index (χ0) is 27.9. The van der Waals surface area contributed by atoms with Crippen LogP contribution in [0.5, 0.6) is 17.2 Å². The van der Waals surface area contributed by atoms with Crippen molar-refractivity contribution in [2.24, 2.45) is 0 Å². The summed E-state index contributed by atoms with van der Waals surface area (Å²) >= 11 is 2.39. The first-order chi connectivity index (χ1) is 18.9. The highest BCUT2D eigenvalue weighted by Crippen LogP contribution is 2.41. The Labute approximate surface area is 233 Å². The first kappa shape index (κ1) is 28.0. The van der Waals surface area contributed by atoms with Gasteiger partial charge in [0.15, 0.2) is 11.5 Å². The van der Waals surface area contributed by atoms with Crippen molar-refractivity contribution in [1.82, 2.24) is 10.2 Å². The highest BCUT2D eigenvalue weighted by atomic mass is 32.2. The molecule has 39 heavy (non-hydrogen) atoms. The van der Waals surface area contributed by atoms with Crippen molar-refractivity contribution in [3.05, 3.63) is 54.1 Å². The van der Waals surface area contributed by atoms with Crippen LogP contribution in [-0.2, 0) is 9.53 Å². The zero-order valence-corrected chi connectivity index (χ0v) is 23.6. The molecule has 0 aliphatic rings. The summed E-state index contributed by atoms with van der Waals surface area (Å²) < 4.78 is 27.1. The maximum Gasteiger partial charge on any atom is 0.341 e. The number of esters is 1. The van der Waals surface area contributed by atoms with Gasteiger partial charge in [-0.05, 0) is 37.6 Å². The van der Waals surface area contributed by atoms with Crippen LogP contribution in [0.3, 0.4) is 0 Å². The molecule has 4 rings (SSSR count). The van der Waals surface area contributed by atoms with Crippen molar-refractivity contribution in [1.29, 1.82) is 0 Å². The van der Waals surface area contributed by atoms with Crippen LogP contribution in [0.1, 0.15) is 24.2 Å². The predicted molar refractivity (Wildman–Crippen MR) is 149 cm³/mol. The van der Waals surface area contributed by atoms with Gasteiger partial charge in [-0.1, -0.05) is 42.1 Å². The molecule has 0 spiro atoms. The Morgan fingerprint density at radius 3 is 2.31 bits per heavy atom. The molecule has 0 bridgehead atoms. The number of carbonyl (C=O) groups excluding carboxylic acids is 2. The lowest BCUT2D eigenvalue weighted by molar-refractivity contribution is -0.115. The number of hydrogen-bond donors (Lipinski definition) is 1. The normalized spacial score (nSPS) is 11.5. The molecule has 0 saturated carbocycles. The lowest BCUT2D eigenvalue weighted by Crippen LogP contribution is -2.23. The maximum absolute atomic E-state index is 13.1. The Morgan fingerprint density at radius 2 is 1.69 bits per heavy atom. The summed E-state index contributed by atoms with van der Waals surface area (Å²) in [4.78, 5) is 26.5. The first-order valence-electron chi connectivity index (χ1n) is 11.9. The summed E-state index contributed by atoms with van der Waals surface area (Å²) in [6.45, 7) is 3.66. The van der Waals surface area contributed by atoms with Crippen molar-refractivity contribution in [2.75, 3.05) is 33.3 Å². The molecule has 1 atom stereocenters. The van der Waals surface area contributed by atoms with E-state index in [9.17, 15) is 9.59 Å². The van der Waals surface area contributed by atoms with Crippen LogP contribution in [0.4, 0.5) is 5.00 Å². The third-order valence-electron chi connectivity index (χ3n) is 5.49. The second kappa shape index (κ2) is 12.7. The van der Waals surface area contributed by atoms with Crippen molar-refractivity contribution in [3.8, 4) is 39.1 Å². The fraction of sp³-hybridized carbons (Fsp3) is 0.259. The summed E-state index contributed by atoms with van der Waals surface area (Å²) in [5.41, 5.74) is 1.79. The number of nitrogens with one attached hydrogen (secondary N) is 1. The molecule has 0 fully saturated rings. The standard InChI is InChI=1S/C27H27N3O7S2/c1-6-36-26(32)18-14-21(16-10-8-7-9-11-16)39-25(18)28-23(31)15(2)38-27-30-29-24(37-27)17-12-19(33-3)22(35-5)20(13-17)34-4/h7-15H,6H2,1-5H3,(H,28,31)/t15-/m1/s1. The van der Waals surface area contributed by atoms with Crippen molar-refractivity contribution >= 4 is 40.0 Å². The number of anilines is 1. The number of ether oxygens (including phenoxy) is 4. The average molecular weight is 570 g/mol. The van der Waals surface area contributed by atoms with Crippen LogP contribution in [0.2, 0.25) is 0 Å². The molecule has 12 heteroatoms. The zero-order valence-electron chi connectivity index (χ0n) is 22.0. The molecule has 2 aromatic carbocycles. The Hall–Kier alpha value is -4.03. The van der Waals surface area contributed by atoms with Crippen LogP contribution in [0, 0.1) is 0 Å². The summed E-state index contributed by atoms with van der Waals surface area (Å²) in [5, 5.41) is 11.0. The fourth-order valence-corrected chi connectivity index (χ4v) is 5.32. The summed E-state index contributed by atoms with van der Waals surface area (Å²) in [5.74, 6) is 0.706. The lowest BCUT2D eigenvalue weighted by atomic mass is 10.1. The Kier molecular flexibility index (Phi) is 9.10. The fourth-order valence-electron chi connectivity index (χ4n) is 3.59. The smallest absolute Gasteiger partial charge is 0.341 e. The molecule has 4 aromatic rings. The molecule has 10 nitrogen and oxygen atoms in total. The SMILES string of the molecule is CCOC(=O)c1cc(-c2ccccc2)sc1NC(=O)[C@@H](C)Sc1nnc(-c2cc(OC)c(OC)c(OC)c2)o1. The molecule has 0 saturated heterocycles. The quantitative estimate of drug-likeness (QED) is 0.175. The number of hydrogen-bond acceptors (Lipinski definition) is 11. The van der Waals surface area contributed by atoms with Gasteiger partial charge in [-0.2, -0.15) is 0 Å². The van der Waals surface area contributed by atoms with E-state index in [1.807, 2.05) is 30.3 Å². The number of aromatic nitrogens is 2.